The van der Waals surface area contributed by atoms with Gasteiger partial charge >= 0.3 is 0 Å². The van der Waals surface area contributed by atoms with Crippen LogP contribution in [0, 0.1) is 11.7 Å². The fraction of sp³-hybridized carbons (Fsp3) is 0.462. The summed E-state index contributed by atoms with van der Waals surface area (Å²) in [6, 6.07) is 4.33. The standard InChI is InChI=1S/C13H15FN2O2/c14-9-2-1-8-3-4-16(12(8)5-9)13(17)10-6-18-7-11(10)15/h1-2,5,10-11H,3-4,6-7,15H2. The van der Waals surface area contributed by atoms with Crippen molar-refractivity contribution in [2.75, 3.05) is 24.7 Å². The molecule has 1 saturated heterocycles. The van der Waals surface area contributed by atoms with Crippen molar-refractivity contribution in [3.05, 3.63) is 29.6 Å². The number of benzene rings is 1. The van der Waals surface area contributed by atoms with Gasteiger partial charge in [-0.3, -0.25) is 4.79 Å². The van der Waals surface area contributed by atoms with Gasteiger partial charge in [-0.25, -0.2) is 4.39 Å². The largest absolute Gasteiger partial charge is 0.379 e. The molecule has 1 aromatic carbocycles. The Hall–Kier alpha value is -1.46. The highest BCUT2D eigenvalue weighted by Gasteiger charge is 2.37. The van der Waals surface area contributed by atoms with E-state index in [1.165, 1.54) is 12.1 Å². The van der Waals surface area contributed by atoms with Crippen molar-refractivity contribution < 1.29 is 13.9 Å². The fourth-order valence-electron chi connectivity index (χ4n) is 2.61. The second-order valence-corrected chi connectivity index (χ2v) is 4.82. The number of anilines is 1. The van der Waals surface area contributed by atoms with Gasteiger partial charge in [0.2, 0.25) is 5.91 Å². The van der Waals surface area contributed by atoms with Crippen LogP contribution in [0.2, 0.25) is 0 Å². The van der Waals surface area contributed by atoms with Crippen molar-refractivity contribution in [2.45, 2.75) is 12.5 Å². The molecule has 2 heterocycles. The number of amides is 1. The zero-order valence-electron chi connectivity index (χ0n) is 9.93. The molecule has 18 heavy (non-hydrogen) atoms. The Morgan fingerprint density at radius 2 is 2.28 bits per heavy atom. The van der Waals surface area contributed by atoms with Crippen LogP contribution in [0.5, 0.6) is 0 Å². The Balaban J connectivity index is 1.87. The third-order valence-electron chi connectivity index (χ3n) is 3.65. The first kappa shape index (κ1) is 11.6. The summed E-state index contributed by atoms with van der Waals surface area (Å²) in [5.41, 5.74) is 7.54. The van der Waals surface area contributed by atoms with Gasteiger partial charge in [-0.05, 0) is 24.1 Å². The minimum Gasteiger partial charge on any atom is -0.379 e. The maximum Gasteiger partial charge on any atom is 0.234 e. The van der Waals surface area contributed by atoms with E-state index in [0.717, 1.165) is 12.0 Å². The highest BCUT2D eigenvalue weighted by atomic mass is 19.1. The number of rotatable bonds is 1. The van der Waals surface area contributed by atoms with E-state index in [9.17, 15) is 9.18 Å². The highest BCUT2D eigenvalue weighted by molar-refractivity contribution is 5.97. The lowest BCUT2D eigenvalue weighted by molar-refractivity contribution is -0.122. The summed E-state index contributed by atoms with van der Waals surface area (Å²) in [4.78, 5) is 14.0. The Kier molecular flexibility index (Phi) is 2.80. The van der Waals surface area contributed by atoms with E-state index >= 15 is 0 Å². The molecule has 0 spiro atoms. The molecule has 2 aliphatic heterocycles. The number of nitrogens with zero attached hydrogens (tertiary/aromatic N) is 1. The van der Waals surface area contributed by atoms with E-state index in [0.29, 0.717) is 25.4 Å². The Morgan fingerprint density at radius 1 is 1.44 bits per heavy atom. The quantitative estimate of drug-likeness (QED) is 0.797. The minimum absolute atomic E-state index is 0.0515. The number of halogens is 1. The Bertz CT molecular complexity index is 492. The van der Waals surface area contributed by atoms with E-state index in [4.69, 9.17) is 10.5 Å². The molecular weight excluding hydrogens is 235 g/mol. The van der Waals surface area contributed by atoms with Crippen LogP contribution in [0.3, 0.4) is 0 Å². The van der Waals surface area contributed by atoms with Crippen LogP contribution < -0.4 is 10.6 Å². The van der Waals surface area contributed by atoms with E-state index in [1.54, 1.807) is 11.0 Å². The second-order valence-electron chi connectivity index (χ2n) is 4.82. The van der Waals surface area contributed by atoms with Crippen molar-refractivity contribution in [1.82, 2.24) is 0 Å². The maximum absolute atomic E-state index is 13.3. The fourth-order valence-corrected chi connectivity index (χ4v) is 2.61. The molecule has 1 amide bonds. The van der Waals surface area contributed by atoms with Gasteiger partial charge in [-0.2, -0.15) is 0 Å². The number of hydrogen-bond acceptors (Lipinski definition) is 3. The number of hydrogen-bond donors (Lipinski definition) is 1. The van der Waals surface area contributed by atoms with Crippen molar-refractivity contribution in [3.8, 4) is 0 Å². The predicted molar refractivity (Wildman–Crippen MR) is 64.7 cm³/mol. The van der Waals surface area contributed by atoms with Crippen LogP contribution in [0.15, 0.2) is 18.2 Å². The highest BCUT2D eigenvalue weighted by Crippen LogP contribution is 2.31. The van der Waals surface area contributed by atoms with Gasteiger partial charge < -0.3 is 15.4 Å². The molecule has 0 bridgehead atoms. The van der Waals surface area contributed by atoms with Gasteiger partial charge in [0, 0.05) is 18.3 Å². The van der Waals surface area contributed by atoms with Gasteiger partial charge in [-0.15, -0.1) is 0 Å². The zero-order chi connectivity index (χ0) is 12.7. The summed E-state index contributed by atoms with van der Waals surface area (Å²) in [6.07, 6.45) is 0.768. The number of ether oxygens (including phenoxy) is 1. The predicted octanol–water partition coefficient (Wildman–Crippen LogP) is 0.688. The molecule has 2 unspecified atom stereocenters. The second kappa shape index (κ2) is 4.33. The van der Waals surface area contributed by atoms with Crippen LogP contribution in [-0.4, -0.2) is 31.7 Å². The first-order chi connectivity index (χ1) is 8.66. The van der Waals surface area contributed by atoms with Crippen molar-refractivity contribution >= 4 is 11.6 Å². The zero-order valence-corrected chi connectivity index (χ0v) is 9.93. The van der Waals surface area contributed by atoms with Crippen LogP contribution in [0.1, 0.15) is 5.56 Å². The Labute approximate surface area is 105 Å². The number of fused-ring (bicyclic) bond motifs is 1. The van der Waals surface area contributed by atoms with Crippen molar-refractivity contribution in [3.63, 3.8) is 0 Å². The molecule has 2 atom stereocenters. The summed E-state index contributed by atoms with van der Waals surface area (Å²) in [6.45, 7) is 1.38. The average molecular weight is 250 g/mol. The van der Waals surface area contributed by atoms with E-state index in [1.807, 2.05) is 0 Å². The Morgan fingerprint density at radius 3 is 3.00 bits per heavy atom. The molecule has 0 aromatic heterocycles. The van der Waals surface area contributed by atoms with Crippen molar-refractivity contribution in [2.24, 2.45) is 11.7 Å². The lowest BCUT2D eigenvalue weighted by Gasteiger charge is -2.22. The summed E-state index contributed by atoms with van der Waals surface area (Å²) >= 11 is 0. The van der Waals surface area contributed by atoms with Gasteiger partial charge in [0.15, 0.2) is 0 Å². The molecule has 4 nitrogen and oxygen atoms in total. The monoisotopic (exact) mass is 250 g/mol. The van der Waals surface area contributed by atoms with Gasteiger partial charge in [0.05, 0.1) is 19.1 Å². The number of carbonyl (C=O) groups excluding carboxylic acids is 1. The summed E-state index contributed by atoms with van der Waals surface area (Å²) in [5, 5.41) is 0. The molecule has 2 N–H and O–H groups in total. The molecule has 1 aromatic rings. The summed E-state index contributed by atoms with van der Waals surface area (Å²) in [7, 11) is 0. The van der Waals surface area contributed by atoms with Gasteiger partial charge in [0.1, 0.15) is 5.82 Å². The normalized spacial score (nSPS) is 26.4. The maximum atomic E-state index is 13.3. The smallest absolute Gasteiger partial charge is 0.234 e. The minimum atomic E-state index is -0.319. The molecule has 0 aliphatic carbocycles. The van der Waals surface area contributed by atoms with Crippen LogP contribution in [0.4, 0.5) is 10.1 Å². The SMILES string of the molecule is NC1COCC1C(=O)N1CCc2ccc(F)cc21. The molecule has 96 valence electrons. The molecular formula is C13H15FN2O2. The average Bonchev–Trinajstić information content (AvgIpc) is 2.94. The van der Waals surface area contributed by atoms with Gasteiger partial charge in [0.25, 0.3) is 0 Å². The molecule has 1 fully saturated rings. The third-order valence-corrected chi connectivity index (χ3v) is 3.65. The first-order valence-electron chi connectivity index (χ1n) is 6.10. The number of carbonyl (C=O) groups is 1. The third kappa shape index (κ3) is 1.79. The van der Waals surface area contributed by atoms with Crippen LogP contribution >= 0.6 is 0 Å². The number of nitrogens with two attached hydrogens (primary N) is 1. The lowest BCUT2D eigenvalue weighted by Crippen LogP contribution is -2.43. The van der Waals surface area contributed by atoms with E-state index in [-0.39, 0.29) is 23.7 Å². The molecule has 2 aliphatic rings. The topological polar surface area (TPSA) is 55.6 Å². The molecule has 0 saturated carbocycles. The van der Waals surface area contributed by atoms with Crippen molar-refractivity contribution in [1.29, 1.82) is 0 Å². The molecule has 0 radical (unpaired) electrons. The molecule has 3 rings (SSSR count). The first-order valence-corrected chi connectivity index (χ1v) is 6.10. The van der Waals surface area contributed by atoms with E-state index < -0.39 is 0 Å². The summed E-state index contributed by atoms with van der Waals surface area (Å²) in [5.74, 6) is -0.677. The lowest BCUT2D eigenvalue weighted by atomic mass is 10.0. The van der Waals surface area contributed by atoms with Crippen LogP contribution in [0.25, 0.3) is 0 Å². The van der Waals surface area contributed by atoms with Crippen LogP contribution in [-0.2, 0) is 16.0 Å². The molecule has 5 heteroatoms. The summed E-state index contributed by atoms with van der Waals surface area (Å²) < 4.78 is 18.5. The van der Waals surface area contributed by atoms with Gasteiger partial charge in [-0.1, -0.05) is 6.07 Å². The van der Waals surface area contributed by atoms with E-state index in [2.05, 4.69) is 0 Å².